The van der Waals surface area contributed by atoms with Gasteiger partial charge in [0.25, 0.3) is 0 Å². The minimum atomic E-state index is -0.828. The van der Waals surface area contributed by atoms with Gasteiger partial charge in [0.15, 0.2) is 0 Å². The van der Waals surface area contributed by atoms with Gasteiger partial charge in [0.1, 0.15) is 23.8 Å². The van der Waals surface area contributed by atoms with E-state index in [9.17, 15) is 4.79 Å². The summed E-state index contributed by atoms with van der Waals surface area (Å²) in [6, 6.07) is 5.53. The molecule has 7 heteroatoms. The highest BCUT2D eigenvalue weighted by molar-refractivity contribution is 5.67. The number of aliphatic carboxylic acids is 1. The summed E-state index contributed by atoms with van der Waals surface area (Å²) < 4.78 is 0. The maximum Gasteiger partial charge on any atom is 0.305 e. The van der Waals surface area contributed by atoms with Gasteiger partial charge in [-0.3, -0.25) is 4.79 Å². The highest BCUT2D eigenvalue weighted by Gasteiger charge is 2.07. The average molecular weight is 261 g/mol. The van der Waals surface area contributed by atoms with E-state index in [1.165, 1.54) is 6.33 Å². The zero-order chi connectivity index (χ0) is 13.7. The normalized spacial score (nSPS) is 10.2. The van der Waals surface area contributed by atoms with Gasteiger partial charge in [-0.2, -0.15) is 0 Å². The highest BCUT2D eigenvalue weighted by Crippen LogP contribution is 2.16. The number of rotatable bonds is 6. The average Bonchev–Trinajstić information content (AvgIpc) is 2.89. The molecule has 0 unspecified atom stereocenters. The van der Waals surface area contributed by atoms with E-state index in [-0.39, 0.29) is 6.42 Å². The van der Waals surface area contributed by atoms with Crippen molar-refractivity contribution in [1.82, 2.24) is 15.0 Å². The van der Waals surface area contributed by atoms with Crippen molar-refractivity contribution in [3.05, 3.63) is 30.7 Å². The van der Waals surface area contributed by atoms with Crippen LogP contribution in [-0.2, 0) is 4.79 Å². The van der Waals surface area contributed by atoms with Crippen LogP contribution in [-0.4, -0.2) is 39.6 Å². The molecule has 2 aromatic rings. The van der Waals surface area contributed by atoms with Crippen molar-refractivity contribution in [2.75, 3.05) is 23.8 Å². The molecule has 0 atom stereocenters. The first-order chi connectivity index (χ1) is 9.15. The lowest BCUT2D eigenvalue weighted by atomic mass is 10.4. The third-order valence-corrected chi connectivity index (χ3v) is 2.57. The molecular formula is C12H15N5O2. The Morgan fingerprint density at radius 2 is 2.37 bits per heavy atom. The molecule has 0 amide bonds. The van der Waals surface area contributed by atoms with Crippen LogP contribution in [0.4, 0.5) is 17.5 Å². The fourth-order valence-corrected chi connectivity index (χ4v) is 1.55. The highest BCUT2D eigenvalue weighted by atomic mass is 16.4. The number of hydrogen-bond donors (Lipinski definition) is 3. The molecule has 7 nitrogen and oxygen atoms in total. The second-order valence-corrected chi connectivity index (χ2v) is 4.04. The standard InChI is InChI=1S/C12H15N5O2/c1-17(6-4-12(18)19)11-7-10(14-8-15-11)16-9-3-2-5-13-9/h2-3,5,7-8,13H,4,6H2,1H3,(H,18,19)(H,14,15,16). The van der Waals surface area contributed by atoms with Crippen molar-refractivity contribution in [3.63, 3.8) is 0 Å². The molecule has 19 heavy (non-hydrogen) atoms. The fraction of sp³-hybridized carbons (Fsp3) is 0.250. The van der Waals surface area contributed by atoms with Gasteiger partial charge >= 0.3 is 5.97 Å². The molecule has 2 aromatic heterocycles. The van der Waals surface area contributed by atoms with Gasteiger partial charge in [0, 0.05) is 25.9 Å². The lowest BCUT2D eigenvalue weighted by molar-refractivity contribution is -0.136. The number of aromatic amines is 1. The van der Waals surface area contributed by atoms with E-state index < -0.39 is 5.97 Å². The number of carboxylic acid groups (broad SMARTS) is 1. The molecule has 0 saturated heterocycles. The molecule has 0 spiro atoms. The van der Waals surface area contributed by atoms with E-state index in [4.69, 9.17) is 5.11 Å². The van der Waals surface area contributed by atoms with Crippen molar-refractivity contribution in [3.8, 4) is 0 Å². The Kier molecular flexibility index (Phi) is 3.97. The summed E-state index contributed by atoms with van der Waals surface area (Å²) in [6.07, 6.45) is 3.32. The zero-order valence-corrected chi connectivity index (χ0v) is 10.5. The van der Waals surface area contributed by atoms with Gasteiger partial charge in [0.05, 0.1) is 6.42 Å². The summed E-state index contributed by atoms with van der Waals surface area (Å²) in [5, 5.41) is 11.8. The predicted molar refractivity (Wildman–Crippen MR) is 71.6 cm³/mol. The Hall–Kier alpha value is -2.57. The van der Waals surface area contributed by atoms with Crippen molar-refractivity contribution in [1.29, 1.82) is 0 Å². The Labute approximate surface area is 110 Å². The minimum Gasteiger partial charge on any atom is -0.481 e. The number of nitrogens with zero attached hydrogens (tertiary/aromatic N) is 3. The Morgan fingerprint density at radius 1 is 1.53 bits per heavy atom. The third kappa shape index (κ3) is 3.70. The molecule has 0 fully saturated rings. The molecule has 0 aliphatic carbocycles. The number of carboxylic acids is 1. The quantitative estimate of drug-likeness (QED) is 0.728. The zero-order valence-electron chi connectivity index (χ0n) is 10.5. The van der Waals surface area contributed by atoms with Crippen molar-refractivity contribution < 1.29 is 9.90 Å². The van der Waals surface area contributed by atoms with Gasteiger partial charge in [-0.05, 0) is 12.1 Å². The molecule has 2 heterocycles. The topological polar surface area (TPSA) is 94.1 Å². The lowest BCUT2D eigenvalue weighted by Crippen LogP contribution is -2.22. The van der Waals surface area contributed by atoms with Crippen LogP contribution in [0.25, 0.3) is 0 Å². The van der Waals surface area contributed by atoms with Crippen LogP contribution >= 0.6 is 0 Å². The summed E-state index contributed by atoms with van der Waals surface area (Å²) in [5.74, 6) is 1.32. The number of anilines is 3. The Morgan fingerprint density at radius 3 is 3.05 bits per heavy atom. The van der Waals surface area contributed by atoms with E-state index >= 15 is 0 Å². The van der Waals surface area contributed by atoms with E-state index in [0.29, 0.717) is 18.2 Å². The minimum absolute atomic E-state index is 0.0693. The summed E-state index contributed by atoms with van der Waals surface area (Å²) in [5.41, 5.74) is 0. The molecule has 0 bridgehead atoms. The van der Waals surface area contributed by atoms with Gasteiger partial charge in [-0.25, -0.2) is 9.97 Å². The molecule has 0 saturated carbocycles. The maximum atomic E-state index is 10.5. The SMILES string of the molecule is CN(CCC(=O)O)c1cc(Nc2ccc[nH]2)ncn1. The van der Waals surface area contributed by atoms with Gasteiger partial charge in [-0.15, -0.1) is 0 Å². The summed E-state index contributed by atoms with van der Waals surface area (Å²) in [4.78, 5) is 23.5. The first-order valence-electron chi connectivity index (χ1n) is 5.80. The smallest absolute Gasteiger partial charge is 0.305 e. The van der Waals surface area contributed by atoms with Gasteiger partial charge in [0.2, 0.25) is 0 Å². The number of hydrogen-bond acceptors (Lipinski definition) is 5. The molecule has 0 aromatic carbocycles. The first kappa shape index (κ1) is 12.9. The largest absolute Gasteiger partial charge is 0.481 e. The van der Waals surface area contributed by atoms with E-state index in [1.807, 2.05) is 18.3 Å². The van der Waals surface area contributed by atoms with Crippen LogP contribution in [0.1, 0.15) is 6.42 Å². The van der Waals surface area contributed by atoms with E-state index in [2.05, 4.69) is 20.3 Å². The number of carbonyl (C=O) groups is 1. The van der Waals surface area contributed by atoms with Crippen molar-refractivity contribution >= 4 is 23.4 Å². The van der Waals surface area contributed by atoms with Crippen LogP contribution in [0.5, 0.6) is 0 Å². The molecule has 100 valence electrons. The molecule has 0 aliphatic rings. The van der Waals surface area contributed by atoms with Crippen LogP contribution in [0.15, 0.2) is 30.7 Å². The summed E-state index contributed by atoms with van der Waals surface area (Å²) >= 11 is 0. The molecule has 2 rings (SSSR count). The Bertz CT molecular complexity index is 541. The molecule has 3 N–H and O–H groups in total. The maximum absolute atomic E-state index is 10.5. The van der Waals surface area contributed by atoms with E-state index in [1.54, 1.807) is 18.0 Å². The lowest BCUT2D eigenvalue weighted by Gasteiger charge is -2.17. The summed E-state index contributed by atoms with van der Waals surface area (Å²) in [7, 11) is 1.80. The third-order valence-electron chi connectivity index (χ3n) is 2.57. The number of H-pyrrole nitrogens is 1. The van der Waals surface area contributed by atoms with Crippen LogP contribution in [0.2, 0.25) is 0 Å². The van der Waals surface area contributed by atoms with Crippen LogP contribution in [0.3, 0.4) is 0 Å². The number of aromatic nitrogens is 3. The van der Waals surface area contributed by atoms with Crippen molar-refractivity contribution in [2.24, 2.45) is 0 Å². The van der Waals surface area contributed by atoms with Gasteiger partial charge in [-0.1, -0.05) is 0 Å². The first-order valence-corrected chi connectivity index (χ1v) is 5.80. The van der Waals surface area contributed by atoms with Crippen LogP contribution in [0, 0.1) is 0 Å². The van der Waals surface area contributed by atoms with Crippen LogP contribution < -0.4 is 10.2 Å². The summed E-state index contributed by atoms with van der Waals surface area (Å²) in [6.45, 7) is 0.397. The Balaban J connectivity index is 2.04. The second kappa shape index (κ2) is 5.85. The predicted octanol–water partition coefficient (Wildman–Crippen LogP) is 1.46. The van der Waals surface area contributed by atoms with Gasteiger partial charge < -0.3 is 20.3 Å². The molecule has 0 aliphatic heterocycles. The monoisotopic (exact) mass is 261 g/mol. The second-order valence-electron chi connectivity index (χ2n) is 4.04. The van der Waals surface area contributed by atoms with Crippen molar-refractivity contribution in [2.45, 2.75) is 6.42 Å². The number of nitrogens with one attached hydrogen (secondary N) is 2. The molecule has 0 radical (unpaired) electrons. The fourth-order valence-electron chi connectivity index (χ4n) is 1.55. The molecular weight excluding hydrogens is 246 g/mol. The van der Waals surface area contributed by atoms with E-state index in [0.717, 1.165) is 5.82 Å².